The molecule has 1 aromatic rings. The maximum atomic E-state index is 4.84. The third-order valence-electron chi connectivity index (χ3n) is 3.46. The summed E-state index contributed by atoms with van der Waals surface area (Å²) in [5, 5.41) is 0. The molecule has 2 atom stereocenters. The maximum absolute atomic E-state index is 4.84. The summed E-state index contributed by atoms with van der Waals surface area (Å²) >= 11 is 0. The van der Waals surface area contributed by atoms with Crippen molar-refractivity contribution in [2.75, 3.05) is 0 Å². The van der Waals surface area contributed by atoms with E-state index in [1.54, 1.807) is 0 Å². The Balaban J connectivity index is 1.88. The summed E-state index contributed by atoms with van der Waals surface area (Å²) in [6, 6.07) is 11.3. The lowest BCUT2D eigenvalue weighted by atomic mass is 9.90. The molecule has 2 heteroatoms. The van der Waals surface area contributed by atoms with Crippen molar-refractivity contribution in [3.05, 3.63) is 35.9 Å². The Morgan fingerprint density at radius 2 is 1.69 bits per heavy atom. The molecule has 0 radical (unpaired) electrons. The molecule has 2 nitrogen and oxygen atoms in total. The minimum Gasteiger partial charge on any atom is -0.285 e. The summed E-state index contributed by atoms with van der Waals surface area (Å²) in [6.07, 6.45) is 7.00. The van der Waals surface area contributed by atoms with Crippen LogP contribution < -0.4 is 0 Å². The van der Waals surface area contributed by atoms with Gasteiger partial charge in [0.2, 0.25) is 0 Å². The van der Waals surface area contributed by atoms with Gasteiger partial charge in [0, 0.05) is 11.8 Å². The zero-order valence-corrected chi connectivity index (χ0v) is 9.34. The molecular formula is C14H16N2. The van der Waals surface area contributed by atoms with Crippen LogP contribution in [-0.2, 0) is 0 Å². The largest absolute Gasteiger partial charge is 0.285 e. The zero-order valence-electron chi connectivity index (χ0n) is 9.34. The van der Waals surface area contributed by atoms with Crippen molar-refractivity contribution in [3.63, 3.8) is 0 Å². The second-order valence-electron chi connectivity index (χ2n) is 4.58. The van der Waals surface area contributed by atoms with Crippen LogP contribution in [0.25, 0.3) is 0 Å². The molecule has 1 heterocycles. The molecule has 0 amide bonds. The van der Waals surface area contributed by atoms with Crippen LogP contribution in [0.4, 0.5) is 0 Å². The van der Waals surface area contributed by atoms with E-state index in [0.717, 1.165) is 5.71 Å². The molecule has 0 unspecified atom stereocenters. The smallest absolute Gasteiger partial charge is 0.0829 e. The third kappa shape index (κ3) is 1.80. The van der Waals surface area contributed by atoms with Crippen molar-refractivity contribution >= 4 is 11.9 Å². The fourth-order valence-electron chi connectivity index (χ4n) is 2.55. The summed E-state index contributed by atoms with van der Waals surface area (Å²) in [5.41, 5.74) is 2.25. The van der Waals surface area contributed by atoms with Crippen molar-refractivity contribution < 1.29 is 0 Å². The van der Waals surface area contributed by atoms with E-state index >= 15 is 0 Å². The van der Waals surface area contributed by atoms with Gasteiger partial charge >= 0.3 is 0 Å². The van der Waals surface area contributed by atoms with Gasteiger partial charge in [-0.1, -0.05) is 43.2 Å². The summed E-state index contributed by atoms with van der Waals surface area (Å²) in [7, 11) is 0. The molecule has 0 saturated heterocycles. The number of benzene rings is 1. The quantitative estimate of drug-likeness (QED) is 0.684. The monoisotopic (exact) mass is 212 g/mol. The average molecular weight is 212 g/mol. The number of rotatable bonds is 1. The van der Waals surface area contributed by atoms with E-state index in [2.05, 4.69) is 29.3 Å². The van der Waals surface area contributed by atoms with Crippen molar-refractivity contribution in [1.29, 1.82) is 0 Å². The minimum atomic E-state index is 0.439. The highest BCUT2D eigenvalue weighted by Gasteiger charge is 2.26. The first-order valence-corrected chi connectivity index (χ1v) is 6.10. The van der Waals surface area contributed by atoms with Gasteiger partial charge < -0.3 is 0 Å². The van der Waals surface area contributed by atoms with E-state index < -0.39 is 0 Å². The summed E-state index contributed by atoms with van der Waals surface area (Å²) < 4.78 is 0. The minimum absolute atomic E-state index is 0.439. The van der Waals surface area contributed by atoms with E-state index in [-0.39, 0.29) is 0 Å². The van der Waals surface area contributed by atoms with Gasteiger partial charge in [0.15, 0.2) is 0 Å². The van der Waals surface area contributed by atoms with E-state index in [1.807, 2.05) is 12.3 Å². The molecule has 0 N–H and O–H groups in total. The van der Waals surface area contributed by atoms with E-state index in [9.17, 15) is 0 Å². The first-order valence-electron chi connectivity index (χ1n) is 6.10. The Morgan fingerprint density at radius 3 is 2.50 bits per heavy atom. The lowest BCUT2D eigenvalue weighted by molar-refractivity contribution is 0.387. The van der Waals surface area contributed by atoms with Crippen LogP contribution >= 0.6 is 0 Å². The molecule has 1 aromatic carbocycles. The van der Waals surface area contributed by atoms with Crippen LogP contribution in [0.2, 0.25) is 0 Å². The van der Waals surface area contributed by atoms with Crippen molar-refractivity contribution in [1.82, 2.24) is 0 Å². The van der Waals surface area contributed by atoms with E-state index in [4.69, 9.17) is 4.99 Å². The van der Waals surface area contributed by atoms with Gasteiger partial charge in [-0.15, -0.1) is 0 Å². The summed E-state index contributed by atoms with van der Waals surface area (Å²) in [4.78, 5) is 9.49. The summed E-state index contributed by atoms with van der Waals surface area (Å²) in [6.45, 7) is 0. The third-order valence-corrected chi connectivity index (χ3v) is 3.46. The van der Waals surface area contributed by atoms with Crippen LogP contribution in [0, 0.1) is 0 Å². The maximum Gasteiger partial charge on any atom is 0.0829 e. The van der Waals surface area contributed by atoms with Crippen LogP contribution in [0.15, 0.2) is 40.3 Å². The molecule has 2 aliphatic rings. The van der Waals surface area contributed by atoms with Crippen LogP contribution in [0.1, 0.15) is 31.2 Å². The fourth-order valence-corrected chi connectivity index (χ4v) is 2.55. The predicted molar refractivity (Wildman–Crippen MR) is 67.5 cm³/mol. The van der Waals surface area contributed by atoms with Gasteiger partial charge in [-0.3, -0.25) is 9.98 Å². The predicted octanol–water partition coefficient (Wildman–Crippen LogP) is 2.87. The number of hydrogen-bond acceptors (Lipinski definition) is 2. The summed E-state index contributed by atoms with van der Waals surface area (Å²) in [5.74, 6) is 0. The highest BCUT2D eigenvalue weighted by molar-refractivity contribution is 6.38. The van der Waals surface area contributed by atoms with Gasteiger partial charge in [-0.25, -0.2) is 0 Å². The van der Waals surface area contributed by atoms with Crippen LogP contribution in [0.3, 0.4) is 0 Å². The normalized spacial score (nSPS) is 28.4. The molecule has 0 spiro atoms. The zero-order chi connectivity index (χ0) is 10.8. The first-order chi connectivity index (χ1) is 7.93. The van der Waals surface area contributed by atoms with E-state index in [0.29, 0.717) is 12.1 Å². The molecule has 0 bridgehead atoms. The van der Waals surface area contributed by atoms with Crippen molar-refractivity contribution in [2.45, 2.75) is 37.8 Å². The Morgan fingerprint density at radius 1 is 0.938 bits per heavy atom. The number of fused-ring (bicyclic) bond motifs is 1. The average Bonchev–Trinajstić information content (AvgIpc) is 2.39. The van der Waals surface area contributed by atoms with Gasteiger partial charge in [0.1, 0.15) is 0 Å². The Kier molecular flexibility index (Phi) is 2.56. The Hall–Kier alpha value is -1.44. The molecule has 0 aromatic heterocycles. The molecule has 1 fully saturated rings. The highest BCUT2D eigenvalue weighted by Crippen LogP contribution is 2.26. The molecule has 3 rings (SSSR count). The van der Waals surface area contributed by atoms with E-state index in [1.165, 1.54) is 31.2 Å². The Bertz CT molecular complexity index is 420. The number of nitrogens with zero attached hydrogens (tertiary/aromatic N) is 2. The lowest BCUT2D eigenvalue weighted by Gasteiger charge is -2.28. The molecular weight excluding hydrogens is 196 g/mol. The first kappa shape index (κ1) is 9.76. The fraction of sp³-hybridized carbons (Fsp3) is 0.429. The van der Waals surface area contributed by atoms with Crippen LogP contribution in [-0.4, -0.2) is 24.0 Å². The molecule has 16 heavy (non-hydrogen) atoms. The van der Waals surface area contributed by atoms with Crippen LogP contribution in [0.5, 0.6) is 0 Å². The second-order valence-corrected chi connectivity index (χ2v) is 4.58. The Labute approximate surface area is 96.1 Å². The molecule has 1 aliphatic carbocycles. The molecule has 1 saturated carbocycles. The highest BCUT2D eigenvalue weighted by atomic mass is 15.0. The SMILES string of the molecule is C1=N[C@@H]2CCCC[C@H]2N=C1c1ccccc1. The standard InChI is InChI=1S/C14H16N2/c1-2-6-11(7-3-1)14-10-15-12-8-4-5-9-13(12)16-14/h1-3,6-7,10,12-13H,4-5,8-9H2/t12-,13-/m1/s1. The van der Waals surface area contributed by atoms with Gasteiger partial charge in [-0.05, 0) is 12.8 Å². The van der Waals surface area contributed by atoms with Crippen molar-refractivity contribution in [2.24, 2.45) is 9.98 Å². The molecule has 82 valence electrons. The second kappa shape index (κ2) is 4.20. The van der Waals surface area contributed by atoms with Gasteiger partial charge in [-0.2, -0.15) is 0 Å². The lowest BCUT2D eigenvalue weighted by Crippen LogP contribution is -2.32. The number of hydrogen-bond donors (Lipinski definition) is 0. The van der Waals surface area contributed by atoms with Gasteiger partial charge in [0.05, 0.1) is 17.8 Å². The van der Waals surface area contributed by atoms with Gasteiger partial charge in [0.25, 0.3) is 0 Å². The topological polar surface area (TPSA) is 24.7 Å². The number of aliphatic imine (C=N–C) groups is 2. The molecule has 1 aliphatic heterocycles. The van der Waals surface area contributed by atoms with Crippen molar-refractivity contribution in [3.8, 4) is 0 Å².